The molecular formula is C14H20O3. The highest BCUT2D eigenvalue weighted by atomic mass is 16.5. The standard InChI is InChI=1S/C14H20O3/c1-5-12(14(15)16)17-13-7-6-11(9(2)3)8-10(13)4/h6-9,12H,5H2,1-4H3,(H,15,16). The normalized spacial score (nSPS) is 12.5. The molecule has 1 aromatic carbocycles. The van der Waals surface area contributed by atoms with Gasteiger partial charge in [-0.3, -0.25) is 0 Å². The molecule has 1 N–H and O–H groups in total. The van der Waals surface area contributed by atoms with E-state index in [2.05, 4.69) is 19.9 Å². The number of carboxylic acids is 1. The third kappa shape index (κ3) is 3.48. The van der Waals surface area contributed by atoms with E-state index in [-0.39, 0.29) is 0 Å². The molecule has 0 amide bonds. The first-order chi connectivity index (χ1) is 7.95. The number of aliphatic carboxylic acids is 1. The Balaban J connectivity index is 2.89. The lowest BCUT2D eigenvalue weighted by Crippen LogP contribution is -2.26. The number of rotatable bonds is 5. The molecule has 17 heavy (non-hydrogen) atoms. The average Bonchev–Trinajstić information content (AvgIpc) is 2.26. The first-order valence-electron chi connectivity index (χ1n) is 5.95. The van der Waals surface area contributed by atoms with Crippen molar-refractivity contribution in [3.05, 3.63) is 29.3 Å². The molecule has 1 unspecified atom stereocenters. The van der Waals surface area contributed by atoms with Crippen LogP contribution >= 0.6 is 0 Å². The summed E-state index contributed by atoms with van der Waals surface area (Å²) in [4.78, 5) is 10.9. The highest BCUT2D eigenvalue weighted by Gasteiger charge is 2.17. The first-order valence-corrected chi connectivity index (χ1v) is 5.95. The molecule has 0 spiro atoms. The Labute approximate surface area is 102 Å². The maximum atomic E-state index is 10.9. The Morgan fingerprint density at radius 3 is 2.47 bits per heavy atom. The van der Waals surface area contributed by atoms with Gasteiger partial charge in [-0.1, -0.05) is 32.9 Å². The number of aryl methyl sites for hydroxylation is 1. The van der Waals surface area contributed by atoms with Crippen LogP contribution < -0.4 is 4.74 Å². The van der Waals surface area contributed by atoms with Gasteiger partial charge in [-0.05, 0) is 36.5 Å². The van der Waals surface area contributed by atoms with Crippen LogP contribution in [0.3, 0.4) is 0 Å². The second kappa shape index (κ2) is 5.71. The van der Waals surface area contributed by atoms with E-state index in [1.165, 1.54) is 5.56 Å². The summed E-state index contributed by atoms with van der Waals surface area (Å²) in [5.41, 5.74) is 2.22. The molecule has 0 aliphatic rings. The SMILES string of the molecule is CCC(Oc1ccc(C(C)C)cc1C)C(=O)O. The smallest absolute Gasteiger partial charge is 0.344 e. The number of hydrogen-bond donors (Lipinski definition) is 1. The van der Waals surface area contributed by atoms with Crippen LogP contribution in [0.15, 0.2) is 18.2 Å². The van der Waals surface area contributed by atoms with Gasteiger partial charge in [0.15, 0.2) is 6.10 Å². The molecule has 3 nitrogen and oxygen atoms in total. The number of carbonyl (C=O) groups is 1. The van der Waals surface area contributed by atoms with Crippen LogP contribution in [0.4, 0.5) is 0 Å². The van der Waals surface area contributed by atoms with Crippen molar-refractivity contribution in [2.75, 3.05) is 0 Å². The topological polar surface area (TPSA) is 46.5 Å². The quantitative estimate of drug-likeness (QED) is 0.852. The van der Waals surface area contributed by atoms with Crippen LogP contribution in [0.2, 0.25) is 0 Å². The summed E-state index contributed by atoms with van der Waals surface area (Å²) < 4.78 is 5.49. The molecule has 0 saturated heterocycles. The van der Waals surface area contributed by atoms with E-state index in [4.69, 9.17) is 9.84 Å². The maximum absolute atomic E-state index is 10.9. The van der Waals surface area contributed by atoms with Gasteiger partial charge in [0.25, 0.3) is 0 Å². The van der Waals surface area contributed by atoms with Gasteiger partial charge < -0.3 is 9.84 Å². The fraction of sp³-hybridized carbons (Fsp3) is 0.500. The molecule has 0 aromatic heterocycles. The molecule has 0 bridgehead atoms. The zero-order valence-electron chi connectivity index (χ0n) is 10.9. The minimum atomic E-state index is -0.917. The summed E-state index contributed by atoms with van der Waals surface area (Å²) in [6, 6.07) is 5.90. The molecule has 1 rings (SSSR count). The van der Waals surface area contributed by atoms with Crippen molar-refractivity contribution in [2.45, 2.75) is 46.1 Å². The van der Waals surface area contributed by atoms with Gasteiger partial charge in [0.05, 0.1) is 0 Å². The number of benzene rings is 1. The third-order valence-electron chi connectivity index (χ3n) is 2.78. The summed E-state index contributed by atoms with van der Waals surface area (Å²) >= 11 is 0. The van der Waals surface area contributed by atoms with Crippen LogP contribution in [0, 0.1) is 6.92 Å². The predicted octanol–water partition coefficient (Wildman–Crippen LogP) is 3.36. The van der Waals surface area contributed by atoms with E-state index in [1.54, 1.807) is 6.92 Å². The summed E-state index contributed by atoms with van der Waals surface area (Å²) in [5.74, 6) is 0.202. The summed E-state index contributed by atoms with van der Waals surface area (Å²) in [6.45, 7) is 8.00. The lowest BCUT2D eigenvalue weighted by molar-refractivity contribution is -0.145. The fourth-order valence-electron chi connectivity index (χ4n) is 1.63. The van der Waals surface area contributed by atoms with Crippen LogP contribution in [0.25, 0.3) is 0 Å². The molecule has 3 heteroatoms. The van der Waals surface area contributed by atoms with Crippen molar-refractivity contribution in [3.63, 3.8) is 0 Å². The van der Waals surface area contributed by atoms with Crippen molar-refractivity contribution in [1.29, 1.82) is 0 Å². The zero-order valence-corrected chi connectivity index (χ0v) is 10.9. The highest BCUT2D eigenvalue weighted by Crippen LogP contribution is 2.24. The summed E-state index contributed by atoms with van der Waals surface area (Å²) in [6.07, 6.45) is -0.306. The second-order valence-electron chi connectivity index (χ2n) is 4.53. The van der Waals surface area contributed by atoms with Gasteiger partial charge >= 0.3 is 5.97 Å². The van der Waals surface area contributed by atoms with Crippen LogP contribution in [0.5, 0.6) is 5.75 Å². The van der Waals surface area contributed by atoms with Crippen molar-refractivity contribution in [2.24, 2.45) is 0 Å². The van der Waals surface area contributed by atoms with E-state index in [9.17, 15) is 4.79 Å². The number of carboxylic acid groups (broad SMARTS) is 1. The average molecular weight is 236 g/mol. The fourth-order valence-corrected chi connectivity index (χ4v) is 1.63. The summed E-state index contributed by atoms with van der Waals surface area (Å²) in [7, 11) is 0. The first kappa shape index (κ1) is 13.6. The maximum Gasteiger partial charge on any atom is 0.344 e. The Morgan fingerprint density at radius 2 is 2.06 bits per heavy atom. The molecule has 0 radical (unpaired) electrons. The van der Waals surface area contributed by atoms with Crippen molar-refractivity contribution in [3.8, 4) is 5.75 Å². The second-order valence-corrected chi connectivity index (χ2v) is 4.53. The van der Waals surface area contributed by atoms with E-state index in [0.29, 0.717) is 18.1 Å². The zero-order chi connectivity index (χ0) is 13.0. The molecule has 0 heterocycles. The Kier molecular flexibility index (Phi) is 4.55. The molecule has 0 aliphatic carbocycles. The molecule has 1 aromatic rings. The molecular weight excluding hydrogens is 216 g/mol. The van der Waals surface area contributed by atoms with Gasteiger partial charge in [0, 0.05) is 0 Å². The van der Waals surface area contributed by atoms with Gasteiger partial charge in [-0.2, -0.15) is 0 Å². The van der Waals surface area contributed by atoms with Crippen LogP contribution in [0.1, 0.15) is 44.2 Å². The lowest BCUT2D eigenvalue weighted by Gasteiger charge is -2.16. The molecule has 0 saturated carbocycles. The number of ether oxygens (including phenoxy) is 1. The van der Waals surface area contributed by atoms with Gasteiger partial charge in [0.1, 0.15) is 5.75 Å². The largest absolute Gasteiger partial charge is 0.479 e. The number of hydrogen-bond acceptors (Lipinski definition) is 2. The van der Waals surface area contributed by atoms with Gasteiger partial charge in [0.2, 0.25) is 0 Å². The van der Waals surface area contributed by atoms with E-state index in [1.807, 2.05) is 19.1 Å². The minimum Gasteiger partial charge on any atom is -0.479 e. The van der Waals surface area contributed by atoms with Crippen LogP contribution in [-0.4, -0.2) is 17.2 Å². The Hall–Kier alpha value is -1.51. The van der Waals surface area contributed by atoms with Crippen molar-refractivity contribution >= 4 is 5.97 Å². The molecule has 0 fully saturated rings. The lowest BCUT2D eigenvalue weighted by atomic mass is 10.0. The Morgan fingerprint density at radius 1 is 1.41 bits per heavy atom. The van der Waals surface area contributed by atoms with E-state index < -0.39 is 12.1 Å². The van der Waals surface area contributed by atoms with Crippen molar-refractivity contribution < 1.29 is 14.6 Å². The molecule has 0 aliphatic heterocycles. The van der Waals surface area contributed by atoms with E-state index >= 15 is 0 Å². The molecule has 1 atom stereocenters. The summed E-state index contributed by atoms with van der Waals surface area (Å²) in [5, 5.41) is 8.94. The van der Waals surface area contributed by atoms with Crippen LogP contribution in [-0.2, 0) is 4.79 Å². The monoisotopic (exact) mass is 236 g/mol. The van der Waals surface area contributed by atoms with Crippen molar-refractivity contribution in [1.82, 2.24) is 0 Å². The molecule has 94 valence electrons. The highest BCUT2D eigenvalue weighted by molar-refractivity contribution is 5.72. The predicted molar refractivity (Wildman–Crippen MR) is 67.6 cm³/mol. The minimum absolute atomic E-state index is 0.459. The van der Waals surface area contributed by atoms with Gasteiger partial charge in [-0.25, -0.2) is 4.79 Å². The van der Waals surface area contributed by atoms with Gasteiger partial charge in [-0.15, -0.1) is 0 Å². The van der Waals surface area contributed by atoms with E-state index in [0.717, 1.165) is 5.56 Å². The Bertz CT molecular complexity index is 396. The third-order valence-corrected chi connectivity index (χ3v) is 2.78.